The first kappa shape index (κ1) is 19.8. The highest BCUT2D eigenvalue weighted by Crippen LogP contribution is 2.45. The summed E-state index contributed by atoms with van der Waals surface area (Å²) in [5, 5.41) is 6.31. The number of ether oxygens (including phenoxy) is 1. The molecule has 1 saturated heterocycles. The Labute approximate surface area is 156 Å². The van der Waals surface area contributed by atoms with Crippen molar-refractivity contribution in [3.8, 4) is 5.75 Å². The number of hydrogen-bond acceptors (Lipinski definition) is 4. The summed E-state index contributed by atoms with van der Waals surface area (Å²) in [5.74, 6) is 0.385. The average Bonchev–Trinajstić information content (AvgIpc) is 3.22. The Hall–Kier alpha value is -1.97. The third-order valence-electron chi connectivity index (χ3n) is 4.55. The van der Waals surface area contributed by atoms with Crippen molar-refractivity contribution >= 4 is 15.8 Å². The summed E-state index contributed by atoms with van der Waals surface area (Å²) in [6, 6.07) is 5.82. The maximum atomic E-state index is 12.6. The summed E-state index contributed by atoms with van der Waals surface area (Å²) in [4.78, 5) is 4.31. The number of aliphatic imine (C=N–C) groups is 1. The molecule has 1 saturated carbocycles. The van der Waals surface area contributed by atoms with Crippen molar-refractivity contribution in [1.29, 1.82) is 0 Å². The van der Waals surface area contributed by atoms with Gasteiger partial charge in [-0.15, -0.1) is 13.2 Å². The third kappa shape index (κ3) is 5.50. The van der Waals surface area contributed by atoms with Crippen LogP contribution in [-0.2, 0) is 9.84 Å². The monoisotopic (exact) mass is 405 g/mol. The molecule has 3 rings (SSSR count). The largest absolute Gasteiger partial charge is 0.573 e. The molecule has 2 N–H and O–H groups in total. The number of sulfone groups is 1. The van der Waals surface area contributed by atoms with E-state index in [1.165, 1.54) is 12.1 Å². The van der Waals surface area contributed by atoms with Crippen LogP contribution >= 0.6 is 0 Å². The second-order valence-corrected chi connectivity index (χ2v) is 8.97. The SMILES string of the molecule is CCN=C(NC1CCS(=O)(=O)C1)NC1CC1c1ccccc1OC(F)(F)F. The molecule has 1 aromatic carbocycles. The Balaban J connectivity index is 1.63. The molecule has 0 spiro atoms. The Morgan fingerprint density at radius 1 is 1.30 bits per heavy atom. The molecule has 0 aromatic heterocycles. The average molecular weight is 405 g/mol. The van der Waals surface area contributed by atoms with Crippen LogP contribution in [0.5, 0.6) is 5.75 Å². The molecule has 27 heavy (non-hydrogen) atoms. The minimum Gasteiger partial charge on any atom is -0.405 e. The van der Waals surface area contributed by atoms with Gasteiger partial charge in [0.05, 0.1) is 11.5 Å². The second-order valence-electron chi connectivity index (χ2n) is 6.75. The second kappa shape index (κ2) is 7.57. The standard InChI is InChI=1S/C17H22F3N3O3S/c1-2-21-16(22-11-7-8-27(24,25)10-11)23-14-9-13(14)12-5-3-4-6-15(12)26-17(18,19)20/h3-6,11,13-14H,2,7-10H2,1H3,(H2,21,22,23). The molecule has 0 amide bonds. The van der Waals surface area contributed by atoms with E-state index in [2.05, 4.69) is 20.4 Å². The van der Waals surface area contributed by atoms with Crippen molar-refractivity contribution < 1.29 is 26.3 Å². The number of rotatable bonds is 5. The van der Waals surface area contributed by atoms with Crippen molar-refractivity contribution in [2.45, 2.75) is 44.1 Å². The summed E-state index contributed by atoms with van der Waals surface area (Å²) < 4.78 is 65.1. The van der Waals surface area contributed by atoms with Crippen LogP contribution in [0.2, 0.25) is 0 Å². The van der Waals surface area contributed by atoms with E-state index in [4.69, 9.17) is 0 Å². The van der Waals surface area contributed by atoms with Crippen LogP contribution < -0.4 is 15.4 Å². The quantitative estimate of drug-likeness (QED) is 0.580. The summed E-state index contributed by atoms with van der Waals surface area (Å²) in [6.07, 6.45) is -3.58. The lowest BCUT2D eigenvalue weighted by Gasteiger charge is -2.17. The van der Waals surface area contributed by atoms with Gasteiger partial charge in [0.15, 0.2) is 15.8 Å². The highest BCUT2D eigenvalue weighted by Gasteiger charge is 2.43. The lowest BCUT2D eigenvalue weighted by atomic mass is 10.1. The maximum Gasteiger partial charge on any atom is 0.573 e. The van der Waals surface area contributed by atoms with Gasteiger partial charge in [0.25, 0.3) is 0 Å². The molecule has 0 bridgehead atoms. The van der Waals surface area contributed by atoms with Crippen LogP contribution in [-0.4, -0.2) is 50.9 Å². The molecule has 2 fully saturated rings. The molecular weight excluding hydrogens is 383 g/mol. The smallest absolute Gasteiger partial charge is 0.405 e. The lowest BCUT2D eigenvalue weighted by molar-refractivity contribution is -0.274. The Morgan fingerprint density at radius 3 is 2.67 bits per heavy atom. The van der Waals surface area contributed by atoms with Gasteiger partial charge in [0, 0.05) is 24.5 Å². The van der Waals surface area contributed by atoms with Crippen LogP contribution in [0.25, 0.3) is 0 Å². The molecule has 1 heterocycles. The highest BCUT2D eigenvalue weighted by atomic mass is 32.2. The molecule has 1 aromatic rings. The van der Waals surface area contributed by atoms with E-state index in [0.717, 1.165) is 0 Å². The van der Waals surface area contributed by atoms with Crippen molar-refractivity contribution in [2.75, 3.05) is 18.1 Å². The first-order valence-electron chi connectivity index (χ1n) is 8.79. The van der Waals surface area contributed by atoms with Crippen LogP contribution in [0, 0.1) is 0 Å². The highest BCUT2D eigenvalue weighted by molar-refractivity contribution is 7.91. The Bertz CT molecular complexity index is 811. The third-order valence-corrected chi connectivity index (χ3v) is 6.31. The van der Waals surface area contributed by atoms with Gasteiger partial charge < -0.3 is 15.4 Å². The zero-order valence-corrected chi connectivity index (χ0v) is 15.6. The molecule has 150 valence electrons. The van der Waals surface area contributed by atoms with Crippen LogP contribution in [0.1, 0.15) is 31.2 Å². The number of nitrogens with zero attached hydrogens (tertiary/aromatic N) is 1. The number of alkyl halides is 3. The number of para-hydroxylation sites is 1. The van der Waals surface area contributed by atoms with Crippen LogP contribution in [0.4, 0.5) is 13.2 Å². The molecule has 1 aliphatic carbocycles. The van der Waals surface area contributed by atoms with Gasteiger partial charge in [-0.25, -0.2) is 8.42 Å². The normalized spacial score (nSPS) is 27.3. The number of hydrogen-bond donors (Lipinski definition) is 2. The number of guanidine groups is 1. The van der Waals surface area contributed by atoms with Gasteiger partial charge in [-0.1, -0.05) is 18.2 Å². The minimum absolute atomic E-state index is 0.0633. The van der Waals surface area contributed by atoms with Gasteiger partial charge in [-0.3, -0.25) is 4.99 Å². The molecule has 2 aliphatic rings. The molecule has 3 unspecified atom stereocenters. The molecule has 0 radical (unpaired) electrons. The molecule has 3 atom stereocenters. The van der Waals surface area contributed by atoms with E-state index in [9.17, 15) is 21.6 Å². The zero-order chi connectivity index (χ0) is 19.7. The Morgan fingerprint density at radius 2 is 2.04 bits per heavy atom. The molecule has 6 nitrogen and oxygen atoms in total. The van der Waals surface area contributed by atoms with Gasteiger partial charge in [-0.2, -0.15) is 0 Å². The number of benzene rings is 1. The predicted octanol–water partition coefficient (Wildman–Crippen LogP) is 2.18. The fourth-order valence-electron chi connectivity index (χ4n) is 3.27. The van der Waals surface area contributed by atoms with E-state index >= 15 is 0 Å². The first-order valence-corrected chi connectivity index (χ1v) is 10.6. The van der Waals surface area contributed by atoms with Gasteiger partial charge in [0.1, 0.15) is 5.75 Å². The fraction of sp³-hybridized carbons (Fsp3) is 0.588. The number of halogens is 3. The first-order chi connectivity index (χ1) is 12.7. The van der Waals surface area contributed by atoms with E-state index < -0.39 is 16.2 Å². The predicted molar refractivity (Wildman–Crippen MR) is 95.6 cm³/mol. The van der Waals surface area contributed by atoms with Gasteiger partial charge in [-0.05, 0) is 31.4 Å². The fourth-order valence-corrected chi connectivity index (χ4v) is 4.94. The van der Waals surface area contributed by atoms with Gasteiger partial charge >= 0.3 is 6.36 Å². The summed E-state index contributed by atoms with van der Waals surface area (Å²) >= 11 is 0. The van der Waals surface area contributed by atoms with E-state index in [1.807, 2.05) is 6.92 Å². The maximum absolute atomic E-state index is 12.6. The van der Waals surface area contributed by atoms with Crippen molar-refractivity contribution in [1.82, 2.24) is 10.6 Å². The summed E-state index contributed by atoms with van der Waals surface area (Å²) in [5.41, 5.74) is 0.492. The molecular formula is C17H22F3N3O3S. The number of nitrogens with one attached hydrogen (secondary N) is 2. The lowest BCUT2D eigenvalue weighted by Crippen LogP contribution is -2.45. The summed E-state index contributed by atoms with van der Waals surface area (Å²) in [7, 11) is -3.01. The van der Waals surface area contributed by atoms with Crippen molar-refractivity contribution in [3.63, 3.8) is 0 Å². The van der Waals surface area contributed by atoms with Crippen molar-refractivity contribution in [2.24, 2.45) is 4.99 Å². The van der Waals surface area contributed by atoms with E-state index in [0.29, 0.717) is 30.9 Å². The minimum atomic E-state index is -4.74. The van der Waals surface area contributed by atoms with Crippen LogP contribution in [0.3, 0.4) is 0 Å². The summed E-state index contributed by atoms with van der Waals surface area (Å²) in [6.45, 7) is 2.35. The van der Waals surface area contributed by atoms with Crippen molar-refractivity contribution in [3.05, 3.63) is 29.8 Å². The molecule has 1 aliphatic heterocycles. The molecule has 10 heteroatoms. The van der Waals surface area contributed by atoms with Gasteiger partial charge in [0.2, 0.25) is 0 Å². The Kier molecular flexibility index (Phi) is 5.55. The topological polar surface area (TPSA) is 79.8 Å². The van der Waals surface area contributed by atoms with E-state index in [-0.39, 0.29) is 35.3 Å². The van der Waals surface area contributed by atoms with E-state index in [1.54, 1.807) is 12.1 Å². The zero-order valence-electron chi connectivity index (χ0n) is 14.8. The van der Waals surface area contributed by atoms with Crippen LogP contribution in [0.15, 0.2) is 29.3 Å².